The van der Waals surface area contributed by atoms with Gasteiger partial charge in [0.05, 0.1) is 25.1 Å². The summed E-state index contributed by atoms with van der Waals surface area (Å²) in [7, 11) is 0. The second-order valence-electron chi connectivity index (χ2n) is 3.54. The topological polar surface area (TPSA) is 48.6 Å². The number of morpholine rings is 1. The molecule has 2 rings (SSSR count). The molecule has 0 amide bonds. The van der Waals surface area contributed by atoms with Gasteiger partial charge in [-0.2, -0.15) is 5.26 Å². The minimum atomic E-state index is 0.601. The molecule has 1 aliphatic heterocycles. The van der Waals surface area contributed by atoms with E-state index in [4.69, 9.17) is 10.00 Å². The van der Waals surface area contributed by atoms with Crippen LogP contribution in [0, 0.1) is 11.3 Å². The van der Waals surface area contributed by atoms with Crippen LogP contribution in [0.25, 0.3) is 5.57 Å². The number of hydrogen-bond donors (Lipinski definition) is 0. The first kappa shape index (κ1) is 11.8. The molecule has 0 aliphatic carbocycles. The maximum absolute atomic E-state index is 9.02. The minimum Gasteiger partial charge on any atom is -0.378 e. The molecule has 5 heteroatoms. The summed E-state index contributed by atoms with van der Waals surface area (Å²) in [6.07, 6.45) is 3.38. The molecule has 0 atom stereocenters. The molecule has 1 saturated heterocycles. The van der Waals surface area contributed by atoms with Crippen molar-refractivity contribution in [2.45, 2.75) is 0 Å². The molecule has 1 aromatic heterocycles. The first-order chi connectivity index (χ1) is 8.40. The van der Waals surface area contributed by atoms with E-state index in [1.165, 1.54) is 0 Å². The van der Waals surface area contributed by atoms with Crippen LogP contribution in [0.15, 0.2) is 28.7 Å². The van der Waals surface area contributed by atoms with Crippen LogP contribution in [0.5, 0.6) is 0 Å². The Morgan fingerprint density at radius 1 is 1.53 bits per heavy atom. The van der Waals surface area contributed by atoms with Crippen molar-refractivity contribution < 1.29 is 4.74 Å². The molecule has 0 radical (unpaired) electrons. The van der Waals surface area contributed by atoms with Crippen molar-refractivity contribution in [2.75, 3.05) is 26.3 Å². The predicted molar refractivity (Wildman–Crippen MR) is 68.8 cm³/mol. The Balaban J connectivity index is 1.98. The molecule has 88 valence electrons. The van der Waals surface area contributed by atoms with Crippen molar-refractivity contribution in [3.63, 3.8) is 0 Å². The maximum Gasteiger partial charge on any atom is 0.102 e. The Bertz CT molecular complexity index is 439. The normalized spacial score (nSPS) is 17.4. The standard InChI is InChI=1S/C12H13N3OS/c13-8-11(12-2-1-7-17-12)9-14-10-15-3-5-16-6-4-15/h1-2,7,9-10H,3-6H2/b11-9+,14-10?. The number of nitrogens with zero attached hydrogens (tertiary/aromatic N) is 3. The van der Waals surface area contributed by atoms with Gasteiger partial charge in [0.2, 0.25) is 0 Å². The smallest absolute Gasteiger partial charge is 0.102 e. The highest BCUT2D eigenvalue weighted by molar-refractivity contribution is 7.11. The first-order valence-electron chi connectivity index (χ1n) is 5.39. The summed E-state index contributed by atoms with van der Waals surface area (Å²) in [5.74, 6) is 0. The average molecular weight is 247 g/mol. The number of rotatable bonds is 3. The molecule has 17 heavy (non-hydrogen) atoms. The lowest BCUT2D eigenvalue weighted by atomic mass is 10.3. The molecule has 1 fully saturated rings. The van der Waals surface area contributed by atoms with Crippen molar-refractivity contribution in [1.82, 2.24) is 4.90 Å². The van der Waals surface area contributed by atoms with Gasteiger partial charge in [-0.1, -0.05) is 6.07 Å². The summed E-state index contributed by atoms with van der Waals surface area (Å²) in [6.45, 7) is 3.20. The third kappa shape index (κ3) is 3.41. The van der Waals surface area contributed by atoms with E-state index in [0.717, 1.165) is 31.2 Å². The lowest BCUT2D eigenvalue weighted by molar-refractivity contribution is 0.0701. The van der Waals surface area contributed by atoms with Crippen molar-refractivity contribution in [3.8, 4) is 6.07 Å². The molecular formula is C12H13N3OS. The monoisotopic (exact) mass is 247 g/mol. The van der Waals surface area contributed by atoms with Gasteiger partial charge in [0, 0.05) is 24.2 Å². The third-order valence-electron chi connectivity index (χ3n) is 2.39. The number of nitriles is 1. The zero-order valence-corrected chi connectivity index (χ0v) is 10.2. The molecule has 0 unspecified atom stereocenters. The second kappa shape index (κ2) is 6.18. The maximum atomic E-state index is 9.02. The minimum absolute atomic E-state index is 0.601. The summed E-state index contributed by atoms with van der Waals surface area (Å²) >= 11 is 1.54. The highest BCUT2D eigenvalue weighted by Gasteiger charge is 2.05. The fourth-order valence-electron chi connectivity index (χ4n) is 1.47. The van der Waals surface area contributed by atoms with Gasteiger partial charge in [0.1, 0.15) is 6.07 Å². The zero-order chi connectivity index (χ0) is 11.9. The molecule has 2 heterocycles. The number of ether oxygens (including phenoxy) is 1. The van der Waals surface area contributed by atoms with Crippen LogP contribution in [-0.4, -0.2) is 37.5 Å². The highest BCUT2D eigenvalue weighted by Crippen LogP contribution is 2.19. The van der Waals surface area contributed by atoms with E-state index in [1.807, 2.05) is 17.5 Å². The largest absolute Gasteiger partial charge is 0.378 e. The summed E-state index contributed by atoms with van der Waals surface area (Å²) in [4.78, 5) is 7.23. The second-order valence-corrected chi connectivity index (χ2v) is 4.49. The molecule has 1 aliphatic rings. The van der Waals surface area contributed by atoms with Gasteiger partial charge in [0.25, 0.3) is 0 Å². The van der Waals surface area contributed by atoms with E-state index in [2.05, 4.69) is 16.0 Å². The van der Waals surface area contributed by atoms with Crippen LogP contribution >= 0.6 is 11.3 Å². The van der Waals surface area contributed by atoms with Crippen molar-refractivity contribution in [2.24, 2.45) is 4.99 Å². The highest BCUT2D eigenvalue weighted by atomic mass is 32.1. The SMILES string of the molecule is N#C/C(=C\N=CN1CCOCC1)c1cccs1. The van der Waals surface area contributed by atoms with E-state index in [1.54, 1.807) is 23.9 Å². The van der Waals surface area contributed by atoms with Crippen molar-refractivity contribution >= 4 is 23.2 Å². The van der Waals surface area contributed by atoms with Crippen LogP contribution in [0.2, 0.25) is 0 Å². The summed E-state index contributed by atoms with van der Waals surface area (Å²) in [5, 5.41) is 11.0. The fourth-order valence-corrected chi connectivity index (χ4v) is 2.16. The average Bonchev–Trinajstić information content (AvgIpc) is 2.90. The fraction of sp³-hybridized carbons (Fsp3) is 0.333. The predicted octanol–water partition coefficient (Wildman–Crippen LogP) is 1.97. The van der Waals surface area contributed by atoms with Crippen LogP contribution in [0.1, 0.15) is 4.88 Å². The quantitative estimate of drug-likeness (QED) is 0.466. The molecule has 4 nitrogen and oxygen atoms in total. The summed E-state index contributed by atoms with van der Waals surface area (Å²) in [6, 6.07) is 6.00. The third-order valence-corrected chi connectivity index (χ3v) is 3.29. The van der Waals surface area contributed by atoms with E-state index in [0.29, 0.717) is 5.57 Å². The molecule has 0 spiro atoms. The Hall–Kier alpha value is -1.64. The van der Waals surface area contributed by atoms with E-state index in [9.17, 15) is 0 Å². The lowest BCUT2D eigenvalue weighted by Gasteiger charge is -2.23. The molecule has 0 saturated carbocycles. The van der Waals surface area contributed by atoms with E-state index < -0.39 is 0 Å². The Labute approximate surface area is 104 Å². The van der Waals surface area contributed by atoms with Crippen molar-refractivity contribution in [1.29, 1.82) is 5.26 Å². The van der Waals surface area contributed by atoms with Gasteiger partial charge in [0.15, 0.2) is 0 Å². The number of thiophene rings is 1. The number of allylic oxidation sites excluding steroid dienone is 1. The number of hydrogen-bond acceptors (Lipinski definition) is 4. The zero-order valence-electron chi connectivity index (χ0n) is 9.37. The first-order valence-corrected chi connectivity index (χ1v) is 6.27. The van der Waals surface area contributed by atoms with Gasteiger partial charge in [-0.15, -0.1) is 11.3 Å². The van der Waals surface area contributed by atoms with Crippen LogP contribution in [0.4, 0.5) is 0 Å². The Kier molecular flexibility index (Phi) is 4.30. The van der Waals surface area contributed by atoms with Crippen LogP contribution in [-0.2, 0) is 4.74 Å². The molecule has 0 aromatic carbocycles. The summed E-state index contributed by atoms with van der Waals surface area (Å²) in [5.41, 5.74) is 0.601. The van der Waals surface area contributed by atoms with Gasteiger partial charge in [-0.25, -0.2) is 4.99 Å². The van der Waals surface area contributed by atoms with E-state index in [-0.39, 0.29) is 0 Å². The Morgan fingerprint density at radius 2 is 2.35 bits per heavy atom. The molecular weight excluding hydrogens is 234 g/mol. The Morgan fingerprint density at radius 3 is 3.00 bits per heavy atom. The van der Waals surface area contributed by atoms with E-state index >= 15 is 0 Å². The van der Waals surface area contributed by atoms with Gasteiger partial charge in [-0.3, -0.25) is 0 Å². The molecule has 1 aromatic rings. The van der Waals surface area contributed by atoms with Gasteiger partial charge < -0.3 is 9.64 Å². The summed E-state index contributed by atoms with van der Waals surface area (Å²) < 4.78 is 5.24. The van der Waals surface area contributed by atoms with Crippen molar-refractivity contribution in [3.05, 3.63) is 28.6 Å². The van der Waals surface area contributed by atoms with Crippen LogP contribution in [0.3, 0.4) is 0 Å². The lowest BCUT2D eigenvalue weighted by Crippen LogP contribution is -2.34. The van der Waals surface area contributed by atoms with Crippen LogP contribution < -0.4 is 0 Å². The molecule has 0 bridgehead atoms. The number of aliphatic imine (C=N–C) groups is 1. The molecule has 0 N–H and O–H groups in total. The van der Waals surface area contributed by atoms with Gasteiger partial charge in [-0.05, 0) is 11.4 Å². The van der Waals surface area contributed by atoms with Gasteiger partial charge >= 0.3 is 0 Å².